The minimum Gasteiger partial charge on any atom is -0.496 e. The largest absolute Gasteiger partial charge is 0.496 e. The highest BCUT2D eigenvalue weighted by Gasteiger charge is 2.16. The van der Waals surface area contributed by atoms with Gasteiger partial charge in [-0.2, -0.15) is 0 Å². The van der Waals surface area contributed by atoms with Gasteiger partial charge in [0.2, 0.25) is 5.13 Å². The van der Waals surface area contributed by atoms with E-state index in [1.807, 2.05) is 0 Å². The molecule has 0 spiro atoms. The van der Waals surface area contributed by atoms with Crippen LogP contribution in [0.3, 0.4) is 0 Å². The summed E-state index contributed by atoms with van der Waals surface area (Å²) in [5, 5.41) is 8.85. The second kappa shape index (κ2) is 5.09. The van der Waals surface area contributed by atoms with Crippen molar-refractivity contribution >= 4 is 16.5 Å². The molecule has 0 unspecified atom stereocenters. The lowest BCUT2D eigenvalue weighted by molar-refractivity contribution is 0.349. The van der Waals surface area contributed by atoms with Crippen molar-refractivity contribution in [3.8, 4) is 27.8 Å². The van der Waals surface area contributed by atoms with Gasteiger partial charge in [0, 0.05) is 6.07 Å². The quantitative estimate of drug-likeness (QED) is 0.910. The van der Waals surface area contributed by atoms with Gasteiger partial charge in [0.05, 0.1) is 26.9 Å². The molecule has 7 heteroatoms. The van der Waals surface area contributed by atoms with Crippen molar-refractivity contribution in [1.82, 2.24) is 10.2 Å². The van der Waals surface area contributed by atoms with Crippen LogP contribution in [0.15, 0.2) is 12.1 Å². The third-order valence-electron chi connectivity index (χ3n) is 2.38. The predicted octanol–water partition coefficient (Wildman–Crippen LogP) is 1.81. The first-order valence-electron chi connectivity index (χ1n) is 5.09. The Morgan fingerprint density at radius 1 is 0.944 bits per heavy atom. The molecule has 0 atom stereocenters. The van der Waals surface area contributed by atoms with Crippen molar-refractivity contribution in [2.24, 2.45) is 0 Å². The Morgan fingerprint density at radius 3 is 2.06 bits per heavy atom. The molecule has 0 saturated heterocycles. The van der Waals surface area contributed by atoms with Gasteiger partial charge in [-0.15, -0.1) is 10.2 Å². The molecule has 2 aromatic rings. The minimum absolute atomic E-state index is 0.404. The molecule has 2 rings (SSSR count). The zero-order chi connectivity index (χ0) is 13.1. The topological polar surface area (TPSA) is 79.5 Å². The Kier molecular flexibility index (Phi) is 3.52. The number of ether oxygens (including phenoxy) is 3. The molecule has 1 heterocycles. The third-order valence-corrected chi connectivity index (χ3v) is 3.16. The van der Waals surface area contributed by atoms with Crippen LogP contribution < -0.4 is 19.9 Å². The van der Waals surface area contributed by atoms with Crippen molar-refractivity contribution in [2.45, 2.75) is 0 Å². The molecule has 0 aliphatic rings. The zero-order valence-corrected chi connectivity index (χ0v) is 11.1. The smallest absolute Gasteiger partial charge is 0.203 e. The Bertz CT molecular complexity index is 556. The highest BCUT2D eigenvalue weighted by atomic mass is 32.1. The fourth-order valence-corrected chi connectivity index (χ4v) is 2.17. The lowest BCUT2D eigenvalue weighted by atomic mass is 10.2. The van der Waals surface area contributed by atoms with E-state index in [1.165, 1.54) is 11.3 Å². The summed E-state index contributed by atoms with van der Waals surface area (Å²) in [4.78, 5) is 0. The number of methoxy groups -OCH3 is 3. The molecule has 2 N–H and O–H groups in total. The molecule has 96 valence electrons. The van der Waals surface area contributed by atoms with E-state index in [2.05, 4.69) is 10.2 Å². The Morgan fingerprint density at radius 2 is 1.56 bits per heavy atom. The normalized spacial score (nSPS) is 10.2. The summed E-state index contributed by atoms with van der Waals surface area (Å²) in [5.74, 6) is 1.82. The van der Waals surface area contributed by atoms with Gasteiger partial charge in [-0.05, 0) is 6.07 Å². The van der Waals surface area contributed by atoms with Crippen LogP contribution in [0.1, 0.15) is 0 Å². The zero-order valence-electron chi connectivity index (χ0n) is 10.3. The maximum atomic E-state index is 5.58. The number of rotatable bonds is 4. The van der Waals surface area contributed by atoms with Gasteiger partial charge in [-0.3, -0.25) is 0 Å². The molecule has 0 saturated carbocycles. The van der Waals surface area contributed by atoms with Crippen molar-refractivity contribution < 1.29 is 14.2 Å². The molecule has 0 amide bonds. The third kappa shape index (κ3) is 2.17. The van der Waals surface area contributed by atoms with Gasteiger partial charge in [-0.25, -0.2) is 0 Å². The van der Waals surface area contributed by atoms with Crippen LogP contribution in [0.2, 0.25) is 0 Å². The number of nitrogens with zero attached hydrogens (tertiary/aromatic N) is 2. The van der Waals surface area contributed by atoms with E-state index in [4.69, 9.17) is 19.9 Å². The molecule has 1 aromatic carbocycles. The number of hydrogen-bond acceptors (Lipinski definition) is 7. The monoisotopic (exact) mass is 267 g/mol. The summed E-state index contributed by atoms with van der Waals surface area (Å²) in [6.07, 6.45) is 0. The fraction of sp³-hybridized carbons (Fsp3) is 0.273. The van der Waals surface area contributed by atoms with Crippen LogP contribution in [0.5, 0.6) is 17.2 Å². The summed E-state index contributed by atoms with van der Waals surface area (Å²) in [6, 6.07) is 3.53. The standard InChI is InChI=1S/C11H13N3O3S/c1-15-7-5-9(17-3)8(16-2)4-6(7)10-13-14-11(12)18-10/h4-5H,1-3H3,(H2,12,14). The maximum Gasteiger partial charge on any atom is 0.203 e. The van der Waals surface area contributed by atoms with E-state index in [0.29, 0.717) is 27.4 Å². The van der Waals surface area contributed by atoms with Crippen LogP contribution >= 0.6 is 11.3 Å². The molecular weight excluding hydrogens is 254 g/mol. The predicted molar refractivity (Wildman–Crippen MR) is 69.4 cm³/mol. The van der Waals surface area contributed by atoms with E-state index >= 15 is 0 Å². The van der Waals surface area contributed by atoms with Gasteiger partial charge in [-0.1, -0.05) is 11.3 Å². The van der Waals surface area contributed by atoms with Crippen molar-refractivity contribution in [3.05, 3.63) is 12.1 Å². The Balaban J connectivity index is 2.58. The summed E-state index contributed by atoms with van der Waals surface area (Å²) >= 11 is 1.28. The molecule has 0 radical (unpaired) electrons. The highest BCUT2D eigenvalue weighted by Crippen LogP contribution is 2.41. The molecule has 0 aliphatic heterocycles. The van der Waals surface area contributed by atoms with E-state index in [1.54, 1.807) is 33.5 Å². The second-order valence-electron chi connectivity index (χ2n) is 3.35. The molecule has 6 nitrogen and oxygen atoms in total. The Hall–Kier alpha value is -2.02. The van der Waals surface area contributed by atoms with E-state index in [-0.39, 0.29) is 0 Å². The van der Waals surface area contributed by atoms with Crippen LogP contribution in [0.4, 0.5) is 5.13 Å². The molecule has 0 aliphatic carbocycles. The molecular formula is C11H13N3O3S. The van der Waals surface area contributed by atoms with E-state index in [9.17, 15) is 0 Å². The summed E-state index contributed by atoms with van der Waals surface area (Å²) in [5.41, 5.74) is 6.35. The molecule has 18 heavy (non-hydrogen) atoms. The first kappa shape index (κ1) is 12.4. The SMILES string of the molecule is COc1cc(OC)c(-c2nnc(N)s2)cc1OC. The van der Waals surface area contributed by atoms with Gasteiger partial charge in [0.1, 0.15) is 5.75 Å². The van der Waals surface area contributed by atoms with Gasteiger partial charge in [0.25, 0.3) is 0 Å². The summed E-state index contributed by atoms with van der Waals surface area (Å²) < 4.78 is 15.8. The van der Waals surface area contributed by atoms with Crippen LogP contribution in [-0.4, -0.2) is 31.5 Å². The first-order chi connectivity index (χ1) is 8.69. The molecule has 0 bridgehead atoms. The van der Waals surface area contributed by atoms with Gasteiger partial charge < -0.3 is 19.9 Å². The number of aromatic nitrogens is 2. The summed E-state index contributed by atoms with van der Waals surface area (Å²) in [7, 11) is 4.72. The Labute approximate surface area is 108 Å². The number of benzene rings is 1. The molecule has 0 fully saturated rings. The lowest BCUT2D eigenvalue weighted by Crippen LogP contribution is -1.94. The van der Waals surface area contributed by atoms with Gasteiger partial charge in [0.15, 0.2) is 16.5 Å². The van der Waals surface area contributed by atoms with Crippen LogP contribution in [0.25, 0.3) is 10.6 Å². The average Bonchev–Trinajstić information content (AvgIpc) is 2.83. The van der Waals surface area contributed by atoms with Gasteiger partial charge >= 0.3 is 0 Å². The fourth-order valence-electron chi connectivity index (χ4n) is 1.54. The number of hydrogen-bond donors (Lipinski definition) is 1. The van der Waals surface area contributed by atoms with E-state index < -0.39 is 0 Å². The van der Waals surface area contributed by atoms with Crippen LogP contribution in [0, 0.1) is 0 Å². The van der Waals surface area contributed by atoms with Crippen LogP contribution in [-0.2, 0) is 0 Å². The number of anilines is 1. The maximum absolute atomic E-state index is 5.58. The minimum atomic E-state index is 0.404. The van der Waals surface area contributed by atoms with Crippen molar-refractivity contribution in [3.63, 3.8) is 0 Å². The summed E-state index contributed by atoms with van der Waals surface area (Å²) in [6.45, 7) is 0. The highest BCUT2D eigenvalue weighted by molar-refractivity contribution is 7.18. The van der Waals surface area contributed by atoms with Crippen molar-refractivity contribution in [2.75, 3.05) is 27.1 Å². The van der Waals surface area contributed by atoms with Crippen molar-refractivity contribution in [1.29, 1.82) is 0 Å². The molecule has 1 aromatic heterocycles. The van der Waals surface area contributed by atoms with E-state index in [0.717, 1.165) is 5.56 Å². The number of nitrogen functional groups attached to an aromatic ring is 1. The average molecular weight is 267 g/mol. The first-order valence-corrected chi connectivity index (χ1v) is 5.90. The second-order valence-corrected chi connectivity index (χ2v) is 4.36. The number of nitrogens with two attached hydrogens (primary N) is 1. The lowest BCUT2D eigenvalue weighted by Gasteiger charge is -2.12.